The summed E-state index contributed by atoms with van der Waals surface area (Å²) in [6, 6.07) is 10.2. The van der Waals surface area contributed by atoms with Gasteiger partial charge in [-0.15, -0.1) is 0 Å². The molecule has 0 spiro atoms. The van der Waals surface area contributed by atoms with E-state index >= 15 is 0 Å². The maximum absolute atomic E-state index is 12.7. The molecular weight excluding hydrogens is 366 g/mol. The molecule has 2 aromatic carbocycles. The maximum atomic E-state index is 12.7. The van der Waals surface area contributed by atoms with Gasteiger partial charge in [0.2, 0.25) is 0 Å². The van der Waals surface area contributed by atoms with Gasteiger partial charge in [-0.3, -0.25) is 4.90 Å². The van der Waals surface area contributed by atoms with Crippen LogP contribution in [0.5, 0.6) is 11.5 Å². The number of carbonyl (C=O) groups is 1. The van der Waals surface area contributed by atoms with Crippen molar-refractivity contribution < 1.29 is 14.3 Å². The Balaban J connectivity index is 1.56. The quantitative estimate of drug-likeness (QED) is 0.829. The third kappa shape index (κ3) is 5.01. The highest BCUT2D eigenvalue weighted by Gasteiger charge is 2.22. The number of ether oxygens (including phenoxy) is 2. The largest absolute Gasteiger partial charge is 0.493 e. The Morgan fingerprint density at radius 3 is 2.14 bits per heavy atom. The SMILES string of the molecule is COc1ccc(CN2CCN(C(=O)Nc3c(C)cc(C)cc3C)CC2)cc1OC. The molecule has 1 N–H and O–H groups in total. The first-order valence-corrected chi connectivity index (χ1v) is 9.98. The summed E-state index contributed by atoms with van der Waals surface area (Å²) in [6.45, 7) is 10.1. The first kappa shape index (κ1) is 21.0. The second kappa shape index (κ2) is 9.18. The van der Waals surface area contributed by atoms with Gasteiger partial charge in [0.05, 0.1) is 14.2 Å². The van der Waals surface area contributed by atoms with Crippen LogP contribution in [0.3, 0.4) is 0 Å². The van der Waals surface area contributed by atoms with E-state index in [9.17, 15) is 4.79 Å². The summed E-state index contributed by atoms with van der Waals surface area (Å²) in [5.74, 6) is 1.48. The molecule has 1 fully saturated rings. The van der Waals surface area contributed by atoms with Crippen LogP contribution in [0.4, 0.5) is 10.5 Å². The Morgan fingerprint density at radius 2 is 1.55 bits per heavy atom. The smallest absolute Gasteiger partial charge is 0.321 e. The highest BCUT2D eigenvalue weighted by atomic mass is 16.5. The van der Waals surface area contributed by atoms with Crippen molar-refractivity contribution in [1.82, 2.24) is 9.80 Å². The molecule has 2 aromatic rings. The lowest BCUT2D eigenvalue weighted by Gasteiger charge is -2.35. The van der Waals surface area contributed by atoms with Crippen LogP contribution in [-0.4, -0.2) is 56.2 Å². The lowest BCUT2D eigenvalue weighted by molar-refractivity contribution is 0.143. The molecular formula is C23H31N3O3. The fourth-order valence-electron chi connectivity index (χ4n) is 3.91. The number of methoxy groups -OCH3 is 2. The second-order valence-corrected chi connectivity index (χ2v) is 7.66. The molecule has 0 aromatic heterocycles. The predicted octanol–water partition coefficient (Wildman–Crippen LogP) is 3.98. The minimum atomic E-state index is -0.0224. The fraction of sp³-hybridized carbons (Fsp3) is 0.435. The van der Waals surface area contributed by atoms with Crippen molar-refractivity contribution in [3.05, 3.63) is 52.6 Å². The molecule has 3 rings (SSSR count). The summed E-state index contributed by atoms with van der Waals surface area (Å²) < 4.78 is 10.7. The van der Waals surface area contributed by atoms with Crippen molar-refractivity contribution >= 4 is 11.7 Å². The zero-order valence-corrected chi connectivity index (χ0v) is 18.0. The number of benzene rings is 2. The number of urea groups is 1. The zero-order chi connectivity index (χ0) is 21.0. The number of nitrogens with zero attached hydrogens (tertiary/aromatic N) is 2. The van der Waals surface area contributed by atoms with Gasteiger partial charge < -0.3 is 19.7 Å². The van der Waals surface area contributed by atoms with E-state index in [1.807, 2.05) is 30.9 Å². The van der Waals surface area contributed by atoms with E-state index in [-0.39, 0.29) is 6.03 Å². The van der Waals surface area contributed by atoms with Crippen molar-refractivity contribution in [2.24, 2.45) is 0 Å². The van der Waals surface area contributed by atoms with Gasteiger partial charge in [-0.1, -0.05) is 23.8 Å². The van der Waals surface area contributed by atoms with E-state index < -0.39 is 0 Å². The number of hydrogen-bond acceptors (Lipinski definition) is 4. The number of amides is 2. The highest BCUT2D eigenvalue weighted by molar-refractivity contribution is 5.91. The number of piperazine rings is 1. The van der Waals surface area contributed by atoms with Crippen LogP contribution >= 0.6 is 0 Å². The van der Waals surface area contributed by atoms with Gasteiger partial charge in [-0.25, -0.2) is 4.79 Å². The minimum Gasteiger partial charge on any atom is -0.493 e. The summed E-state index contributed by atoms with van der Waals surface area (Å²) in [7, 11) is 3.29. The van der Waals surface area contributed by atoms with Crippen LogP contribution in [0.15, 0.2) is 30.3 Å². The Kier molecular flexibility index (Phi) is 6.64. The third-order valence-corrected chi connectivity index (χ3v) is 5.42. The van der Waals surface area contributed by atoms with Crippen molar-refractivity contribution in [2.45, 2.75) is 27.3 Å². The normalized spacial score (nSPS) is 14.6. The van der Waals surface area contributed by atoms with E-state index in [1.165, 1.54) is 11.1 Å². The Hall–Kier alpha value is -2.73. The van der Waals surface area contributed by atoms with E-state index in [1.54, 1.807) is 14.2 Å². The summed E-state index contributed by atoms with van der Waals surface area (Å²) in [5.41, 5.74) is 5.51. The molecule has 1 saturated heterocycles. The number of nitrogens with one attached hydrogen (secondary N) is 1. The molecule has 0 bridgehead atoms. The minimum absolute atomic E-state index is 0.0224. The lowest BCUT2D eigenvalue weighted by atomic mass is 10.1. The van der Waals surface area contributed by atoms with Crippen LogP contribution in [0.25, 0.3) is 0 Å². The number of rotatable bonds is 5. The molecule has 6 heteroatoms. The Labute approximate surface area is 173 Å². The molecule has 0 atom stereocenters. The topological polar surface area (TPSA) is 54.0 Å². The summed E-state index contributed by atoms with van der Waals surface area (Å²) >= 11 is 0. The highest BCUT2D eigenvalue weighted by Crippen LogP contribution is 2.28. The molecule has 1 heterocycles. The van der Waals surface area contributed by atoms with Crippen LogP contribution in [0.2, 0.25) is 0 Å². The monoisotopic (exact) mass is 397 g/mol. The summed E-state index contributed by atoms with van der Waals surface area (Å²) in [5, 5.41) is 3.11. The average molecular weight is 398 g/mol. The van der Waals surface area contributed by atoms with Crippen LogP contribution in [0, 0.1) is 20.8 Å². The first-order valence-electron chi connectivity index (χ1n) is 9.98. The number of anilines is 1. The van der Waals surface area contributed by atoms with Gasteiger partial charge in [0, 0.05) is 38.4 Å². The molecule has 0 aliphatic carbocycles. The van der Waals surface area contributed by atoms with Crippen molar-refractivity contribution in [3.63, 3.8) is 0 Å². The van der Waals surface area contributed by atoms with Crippen LogP contribution < -0.4 is 14.8 Å². The summed E-state index contributed by atoms with van der Waals surface area (Å²) in [4.78, 5) is 17.0. The molecule has 0 unspecified atom stereocenters. The summed E-state index contributed by atoms with van der Waals surface area (Å²) in [6.07, 6.45) is 0. The number of aryl methyl sites for hydroxylation is 3. The van der Waals surface area contributed by atoms with Gasteiger partial charge in [-0.2, -0.15) is 0 Å². The second-order valence-electron chi connectivity index (χ2n) is 7.66. The van der Waals surface area contributed by atoms with Crippen molar-refractivity contribution in [2.75, 3.05) is 45.7 Å². The molecule has 156 valence electrons. The average Bonchev–Trinajstić information content (AvgIpc) is 2.71. The molecule has 0 radical (unpaired) electrons. The first-order chi connectivity index (χ1) is 13.9. The van der Waals surface area contributed by atoms with E-state index in [2.05, 4.69) is 35.3 Å². The molecule has 29 heavy (non-hydrogen) atoms. The standard InChI is InChI=1S/C23H31N3O3/c1-16-12-17(2)22(18(3)13-16)24-23(27)26-10-8-25(9-11-26)15-19-6-7-20(28-4)21(14-19)29-5/h6-7,12-14H,8-11,15H2,1-5H3,(H,24,27). The van der Waals surface area contributed by atoms with Gasteiger partial charge in [0.1, 0.15) is 0 Å². The van der Waals surface area contributed by atoms with Gasteiger partial charge in [0.15, 0.2) is 11.5 Å². The molecule has 1 aliphatic heterocycles. The molecule has 6 nitrogen and oxygen atoms in total. The van der Waals surface area contributed by atoms with Crippen LogP contribution in [-0.2, 0) is 6.54 Å². The Bertz CT molecular complexity index is 851. The molecule has 0 saturated carbocycles. The van der Waals surface area contributed by atoms with Crippen LogP contribution in [0.1, 0.15) is 22.3 Å². The van der Waals surface area contributed by atoms with E-state index in [4.69, 9.17) is 9.47 Å². The number of hydrogen-bond donors (Lipinski definition) is 1. The maximum Gasteiger partial charge on any atom is 0.321 e. The molecule has 1 aliphatic rings. The van der Waals surface area contributed by atoms with Crippen molar-refractivity contribution in [1.29, 1.82) is 0 Å². The number of carbonyl (C=O) groups excluding carboxylic acids is 1. The Morgan fingerprint density at radius 1 is 0.931 bits per heavy atom. The zero-order valence-electron chi connectivity index (χ0n) is 18.0. The van der Waals surface area contributed by atoms with Gasteiger partial charge >= 0.3 is 6.03 Å². The lowest BCUT2D eigenvalue weighted by Crippen LogP contribution is -2.49. The van der Waals surface area contributed by atoms with Gasteiger partial charge in [-0.05, 0) is 49.6 Å². The van der Waals surface area contributed by atoms with E-state index in [0.29, 0.717) is 13.1 Å². The third-order valence-electron chi connectivity index (χ3n) is 5.42. The van der Waals surface area contributed by atoms with Gasteiger partial charge in [0.25, 0.3) is 0 Å². The predicted molar refractivity (Wildman–Crippen MR) is 116 cm³/mol. The van der Waals surface area contributed by atoms with E-state index in [0.717, 1.165) is 47.9 Å². The molecule has 2 amide bonds. The van der Waals surface area contributed by atoms with Crippen molar-refractivity contribution in [3.8, 4) is 11.5 Å². The fourth-order valence-corrected chi connectivity index (χ4v) is 3.91.